The Bertz CT molecular complexity index is 870. The average Bonchev–Trinajstić information content (AvgIpc) is 3.14. The molecular weight excluding hydrogens is 326 g/mol. The van der Waals surface area contributed by atoms with Gasteiger partial charge in [0.05, 0.1) is 24.1 Å². The van der Waals surface area contributed by atoms with Crippen LogP contribution in [0.3, 0.4) is 0 Å². The zero-order chi connectivity index (χ0) is 17.1. The second-order valence-electron chi connectivity index (χ2n) is 5.29. The van der Waals surface area contributed by atoms with E-state index in [-0.39, 0.29) is 12.3 Å². The summed E-state index contributed by atoms with van der Waals surface area (Å²) in [5.74, 6) is 1.70. The Labute approximate surface area is 143 Å². The van der Waals surface area contributed by atoms with Gasteiger partial charge in [-0.25, -0.2) is 0 Å². The molecule has 0 bridgehead atoms. The monoisotopic (exact) mass is 343 g/mol. The van der Waals surface area contributed by atoms with Crippen LogP contribution in [0.4, 0.5) is 5.69 Å². The molecule has 0 spiro atoms. The van der Waals surface area contributed by atoms with E-state index in [1.165, 1.54) is 11.3 Å². The predicted molar refractivity (Wildman–Crippen MR) is 92.4 cm³/mol. The summed E-state index contributed by atoms with van der Waals surface area (Å²) in [4.78, 5) is 18.3. The van der Waals surface area contributed by atoms with Crippen molar-refractivity contribution in [2.24, 2.45) is 0 Å². The summed E-state index contributed by atoms with van der Waals surface area (Å²) in [5, 5.41) is 6.84. The molecule has 1 amide bonds. The molecule has 24 heavy (non-hydrogen) atoms. The van der Waals surface area contributed by atoms with Crippen LogP contribution in [0, 0.1) is 13.8 Å². The number of rotatable bonds is 5. The third-order valence-corrected chi connectivity index (χ3v) is 4.49. The maximum Gasteiger partial charge on any atom is 0.228 e. The van der Waals surface area contributed by atoms with Crippen molar-refractivity contribution in [1.82, 2.24) is 10.1 Å². The quantitative estimate of drug-likeness (QED) is 0.766. The number of nitrogens with one attached hydrogen (secondary N) is 1. The third-order valence-electron chi connectivity index (χ3n) is 3.44. The van der Waals surface area contributed by atoms with E-state index >= 15 is 0 Å². The predicted octanol–water partition coefficient (Wildman–Crippen LogP) is 3.60. The molecule has 0 fully saturated rings. The maximum absolute atomic E-state index is 12.3. The van der Waals surface area contributed by atoms with Crippen molar-refractivity contribution in [3.63, 3.8) is 0 Å². The minimum Gasteiger partial charge on any atom is -0.497 e. The number of amides is 1. The van der Waals surface area contributed by atoms with Crippen molar-refractivity contribution in [3.05, 3.63) is 46.7 Å². The lowest BCUT2D eigenvalue weighted by Crippen LogP contribution is -2.14. The van der Waals surface area contributed by atoms with Crippen LogP contribution in [0.2, 0.25) is 0 Å². The van der Waals surface area contributed by atoms with Gasteiger partial charge < -0.3 is 14.6 Å². The lowest BCUT2D eigenvalue weighted by molar-refractivity contribution is -0.115. The molecule has 0 aliphatic rings. The first-order valence-corrected chi connectivity index (χ1v) is 8.20. The van der Waals surface area contributed by atoms with E-state index in [0.717, 1.165) is 26.8 Å². The van der Waals surface area contributed by atoms with E-state index in [4.69, 9.17) is 9.26 Å². The van der Waals surface area contributed by atoms with Gasteiger partial charge in [0, 0.05) is 11.8 Å². The molecule has 7 heteroatoms. The second kappa shape index (κ2) is 6.84. The Kier molecular flexibility index (Phi) is 4.61. The third kappa shape index (κ3) is 3.62. The molecule has 124 valence electrons. The number of hydrogen-bond acceptors (Lipinski definition) is 6. The summed E-state index contributed by atoms with van der Waals surface area (Å²) in [6, 6.07) is 9.34. The Morgan fingerprint density at radius 2 is 2.17 bits per heavy atom. The number of anilines is 1. The molecule has 1 N–H and O–H groups in total. The largest absolute Gasteiger partial charge is 0.497 e. The number of methoxy groups -OCH3 is 1. The molecule has 0 unspecified atom stereocenters. The van der Waals surface area contributed by atoms with E-state index in [0.29, 0.717) is 11.7 Å². The molecule has 2 aromatic heterocycles. The molecule has 3 aromatic rings. The van der Waals surface area contributed by atoms with E-state index in [2.05, 4.69) is 15.5 Å². The first kappa shape index (κ1) is 16.2. The standard InChI is InChI=1S/C17H17N3O3S/c1-10-14(9-15(24-10)17-18-11(2)23-20-17)19-16(21)8-12-5-4-6-13(7-12)22-3/h4-7,9H,8H2,1-3H3,(H,19,21). The molecule has 0 saturated carbocycles. The Hall–Kier alpha value is -2.67. The van der Waals surface area contributed by atoms with Crippen molar-refractivity contribution >= 4 is 22.9 Å². The molecule has 0 radical (unpaired) electrons. The van der Waals surface area contributed by atoms with Crippen molar-refractivity contribution in [2.75, 3.05) is 12.4 Å². The van der Waals surface area contributed by atoms with Crippen LogP contribution in [0.25, 0.3) is 10.7 Å². The highest BCUT2D eigenvalue weighted by Crippen LogP contribution is 2.32. The number of ether oxygens (including phenoxy) is 1. The van der Waals surface area contributed by atoms with Crippen LogP contribution in [0.1, 0.15) is 16.3 Å². The van der Waals surface area contributed by atoms with Gasteiger partial charge in [0.1, 0.15) is 5.75 Å². The first-order valence-electron chi connectivity index (χ1n) is 7.39. The van der Waals surface area contributed by atoms with Crippen molar-refractivity contribution < 1.29 is 14.1 Å². The molecular formula is C17H17N3O3S. The summed E-state index contributed by atoms with van der Waals surface area (Å²) in [5.41, 5.74) is 1.67. The second-order valence-corrected chi connectivity index (χ2v) is 6.55. The summed E-state index contributed by atoms with van der Waals surface area (Å²) in [6.07, 6.45) is 0.281. The Morgan fingerprint density at radius 1 is 1.33 bits per heavy atom. The highest BCUT2D eigenvalue weighted by molar-refractivity contribution is 7.16. The number of carbonyl (C=O) groups excluding carboxylic acids is 1. The van der Waals surface area contributed by atoms with E-state index < -0.39 is 0 Å². The number of hydrogen-bond donors (Lipinski definition) is 1. The average molecular weight is 343 g/mol. The SMILES string of the molecule is COc1cccc(CC(=O)Nc2cc(-c3noc(C)n3)sc2C)c1. The fourth-order valence-corrected chi connectivity index (χ4v) is 3.18. The summed E-state index contributed by atoms with van der Waals surface area (Å²) >= 11 is 1.52. The van der Waals surface area contributed by atoms with Crippen molar-refractivity contribution in [2.45, 2.75) is 20.3 Å². The molecule has 2 heterocycles. The number of aryl methyl sites for hydroxylation is 2. The summed E-state index contributed by atoms with van der Waals surface area (Å²) < 4.78 is 10.2. The number of carbonyl (C=O) groups is 1. The Balaban J connectivity index is 1.71. The number of aromatic nitrogens is 2. The highest BCUT2D eigenvalue weighted by Gasteiger charge is 2.14. The van der Waals surface area contributed by atoms with Gasteiger partial charge in [0.15, 0.2) is 0 Å². The van der Waals surface area contributed by atoms with Crippen molar-refractivity contribution in [1.29, 1.82) is 0 Å². The minimum absolute atomic E-state index is 0.0833. The fourth-order valence-electron chi connectivity index (χ4n) is 2.28. The zero-order valence-electron chi connectivity index (χ0n) is 13.6. The number of nitrogens with zero attached hydrogens (tertiary/aromatic N) is 2. The van der Waals surface area contributed by atoms with Gasteiger partial charge in [0.25, 0.3) is 0 Å². The van der Waals surface area contributed by atoms with Crippen molar-refractivity contribution in [3.8, 4) is 16.5 Å². The molecule has 0 aliphatic heterocycles. The molecule has 6 nitrogen and oxygen atoms in total. The molecule has 0 aliphatic carbocycles. The summed E-state index contributed by atoms with van der Waals surface area (Å²) in [7, 11) is 1.61. The van der Waals surface area contributed by atoms with Gasteiger partial charge in [-0.2, -0.15) is 4.98 Å². The van der Waals surface area contributed by atoms with E-state index in [9.17, 15) is 4.79 Å². The van der Waals surface area contributed by atoms with Crippen LogP contribution in [-0.4, -0.2) is 23.2 Å². The van der Waals surface area contributed by atoms with Gasteiger partial charge in [-0.1, -0.05) is 17.3 Å². The molecule has 3 rings (SSSR count). The fraction of sp³-hybridized carbons (Fsp3) is 0.235. The molecule has 0 atom stereocenters. The number of thiophene rings is 1. The highest BCUT2D eigenvalue weighted by atomic mass is 32.1. The minimum atomic E-state index is -0.0833. The Morgan fingerprint density at radius 3 is 2.88 bits per heavy atom. The lowest BCUT2D eigenvalue weighted by Gasteiger charge is -2.06. The van der Waals surface area contributed by atoms with Crippen LogP contribution in [0.15, 0.2) is 34.9 Å². The van der Waals surface area contributed by atoms with Crippen LogP contribution < -0.4 is 10.1 Å². The molecule has 1 aromatic carbocycles. The first-order chi connectivity index (χ1) is 11.5. The topological polar surface area (TPSA) is 77.2 Å². The van der Waals surface area contributed by atoms with Gasteiger partial charge in [0.2, 0.25) is 17.6 Å². The van der Waals surface area contributed by atoms with Crippen LogP contribution >= 0.6 is 11.3 Å². The van der Waals surface area contributed by atoms with E-state index in [1.54, 1.807) is 14.0 Å². The number of benzene rings is 1. The van der Waals surface area contributed by atoms with Gasteiger partial charge in [-0.3, -0.25) is 4.79 Å². The normalized spacial score (nSPS) is 10.6. The van der Waals surface area contributed by atoms with Gasteiger partial charge >= 0.3 is 0 Å². The van der Waals surface area contributed by atoms with Crippen LogP contribution in [-0.2, 0) is 11.2 Å². The zero-order valence-corrected chi connectivity index (χ0v) is 14.4. The van der Waals surface area contributed by atoms with E-state index in [1.807, 2.05) is 37.3 Å². The smallest absolute Gasteiger partial charge is 0.228 e. The lowest BCUT2D eigenvalue weighted by atomic mass is 10.1. The maximum atomic E-state index is 12.3. The van der Waals surface area contributed by atoms with Crippen LogP contribution in [0.5, 0.6) is 5.75 Å². The van der Waals surface area contributed by atoms with Gasteiger partial charge in [-0.15, -0.1) is 11.3 Å². The molecule has 0 saturated heterocycles. The van der Waals surface area contributed by atoms with Gasteiger partial charge in [-0.05, 0) is 30.7 Å². The summed E-state index contributed by atoms with van der Waals surface area (Å²) in [6.45, 7) is 3.69.